The number of benzene rings is 2. The number of hydrogen-bond acceptors (Lipinski definition) is 6. The van der Waals surface area contributed by atoms with Gasteiger partial charge in [0.05, 0.1) is 7.11 Å². The van der Waals surface area contributed by atoms with Crippen LogP contribution < -0.4 is 9.46 Å². The van der Waals surface area contributed by atoms with Gasteiger partial charge in [-0.15, -0.1) is 10.2 Å². The van der Waals surface area contributed by atoms with Gasteiger partial charge in [-0.2, -0.15) is 0 Å². The molecule has 9 heteroatoms. The van der Waals surface area contributed by atoms with Gasteiger partial charge in [0.2, 0.25) is 5.13 Å². The lowest BCUT2D eigenvalue weighted by Gasteiger charge is -2.09. The molecule has 0 saturated carbocycles. The van der Waals surface area contributed by atoms with Gasteiger partial charge in [-0.3, -0.25) is 4.72 Å². The zero-order valence-electron chi connectivity index (χ0n) is 13.4. The molecular formula is C16H14ClN3O3S2. The van der Waals surface area contributed by atoms with Crippen LogP contribution in [0.15, 0.2) is 47.4 Å². The SMILES string of the molecule is COc1ccc(Cl)cc1S(=O)(=O)Nc1nnc(-c2ccc(C)cc2)s1. The van der Waals surface area contributed by atoms with Crippen LogP contribution in [0.25, 0.3) is 10.6 Å². The van der Waals surface area contributed by atoms with E-state index < -0.39 is 10.0 Å². The van der Waals surface area contributed by atoms with Crippen molar-refractivity contribution in [2.75, 3.05) is 11.8 Å². The Kier molecular flexibility index (Phi) is 4.94. The molecule has 2 aromatic carbocycles. The van der Waals surface area contributed by atoms with Gasteiger partial charge in [-0.25, -0.2) is 8.42 Å². The summed E-state index contributed by atoms with van der Waals surface area (Å²) in [4.78, 5) is -0.0606. The van der Waals surface area contributed by atoms with Crippen LogP contribution in [0.5, 0.6) is 5.75 Å². The molecule has 25 heavy (non-hydrogen) atoms. The average molecular weight is 396 g/mol. The number of rotatable bonds is 5. The van der Waals surface area contributed by atoms with E-state index in [4.69, 9.17) is 16.3 Å². The molecule has 0 spiro atoms. The zero-order chi connectivity index (χ0) is 18.0. The van der Waals surface area contributed by atoms with Gasteiger partial charge in [0.1, 0.15) is 15.7 Å². The Bertz CT molecular complexity index is 1000. The second-order valence-electron chi connectivity index (χ2n) is 5.18. The summed E-state index contributed by atoms with van der Waals surface area (Å²) in [5, 5.41) is 9.02. The minimum absolute atomic E-state index is 0.0606. The lowest BCUT2D eigenvalue weighted by atomic mass is 10.2. The van der Waals surface area contributed by atoms with Crippen LogP contribution in [-0.4, -0.2) is 25.7 Å². The van der Waals surface area contributed by atoms with Crippen molar-refractivity contribution in [3.63, 3.8) is 0 Å². The third kappa shape index (κ3) is 3.92. The van der Waals surface area contributed by atoms with Gasteiger partial charge in [0, 0.05) is 10.6 Å². The van der Waals surface area contributed by atoms with Crippen LogP contribution in [0.2, 0.25) is 5.02 Å². The first-order valence-corrected chi connectivity index (χ1v) is 9.84. The molecular weight excluding hydrogens is 382 g/mol. The summed E-state index contributed by atoms with van der Waals surface area (Å²) in [6, 6.07) is 12.1. The van der Waals surface area contributed by atoms with E-state index in [0.29, 0.717) is 10.0 Å². The van der Waals surface area contributed by atoms with E-state index in [0.717, 1.165) is 22.5 Å². The number of aromatic nitrogens is 2. The molecule has 0 saturated heterocycles. The van der Waals surface area contributed by atoms with Crippen molar-refractivity contribution >= 4 is 38.1 Å². The summed E-state index contributed by atoms with van der Waals surface area (Å²) in [6.07, 6.45) is 0. The van der Waals surface area contributed by atoms with Gasteiger partial charge in [-0.1, -0.05) is 52.8 Å². The lowest BCUT2D eigenvalue weighted by molar-refractivity contribution is 0.403. The maximum Gasteiger partial charge on any atom is 0.267 e. The minimum atomic E-state index is -3.91. The summed E-state index contributed by atoms with van der Waals surface area (Å²) in [6.45, 7) is 1.99. The van der Waals surface area contributed by atoms with E-state index in [1.54, 1.807) is 6.07 Å². The third-order valence-electron chi connectivity index (χ3n) is 3.36. The highest BCUT2D eigenvalue weighted by atomic mass is 35.5. The van der Waals surface area contributed by atoms with E-state index >= 15 is 0 Å². The highest BCUT2D eigenvalue weighted by molar-refractivity contribution is 7.93. The Balaban J connectivity index is 1.90. The Morgan fingerprint density at radius 3 is 2.52 bits per heavy atom. The number of anilines is 1. The van der Waals surface area contributed by atoms with Gasteiger partial charge < -0.3 is 4.74 Å². The molecule has 130 valence electrons. The van der Waals surface area contributed by atoms with Gasteiger partial charge >= 0.3 is 0 Å². The second kappa shape index (κ2) is 6.99. The van der Waals surface area contributed by atoms with Crippen LogP contribution in [0, 0.1) is 6.92 Å². The van der Waals surface area contributed by atoms with Crippen molar-refractivity contribution in [2.24, 2.45) is 0 Å². The maximum absolute atomic E-state index is 12.6. The average Bonchev–Trinajstić information content (AvgIpc) is 3.03. The highest BCUT2D eigenvalue weighted by Crippen LogP contribution is 2.31. The predicted molar refractivity (Wildman–Crippen MR) is 98.9 cm³/mol. The molecule has 1 N–H and O–H groups in total. The first kappa shape index (κ1) is 17.7. The standard InChI is InChI=1S/C16H14ClN3O3S2/c1-10-3-5-11(6-4-10)15-18-19-16(24-15)20-25(21,22)14-9-12(17)7-8-13(14)23-2/h3-9H,1-2H3,(H,19,20). The van der Waals surface area contributed by atoms with Crippen molar-refractivity contribution in [2.45, 2.75) is 11.8 Å². The molecule has 0 unspecified atom stereocenters. The monoisotopic (exact) mass is 395 g/mol. The van der Waals surface area contributed by atoms with Crippen molar-refractivity contribution in [3.8, 4) is 16.3 Å². The Labute approximate surface area is 154 Å². The fourth-order valence-corrected chi connectivity index (χ4v) is 4.52. The number of methoxy groups -OCH3 is 1. The van der Waals surface area contributed by atoms with Crippen molar-refractivity contribution in [1.82, 2.24) is 10.2 Å². The first-order valence-electron chi connectivity index (χ1n) is 7.16. The zero-order valence-corrected chi connectivity index (χ0v) is 15.7. The summed E-state index contributed by atoms with van der Waals surface area (Å²) in [7, 11) is -2.51. The second-order valence-corrected chi connectivity index (χ2v) is 8.24. The fourth-order valence-electron chi connectivity index (χ4n) is 2.11. The van der Waals surface area contributed by atoms with E-state index in [9.17, 15) is 8.42 Å². The normalized spacial score (nSPS) is 11.3. The number of ether oxygens (including phenoxy) is 1. The molecule has 1 aromatic heterocycles. The molecule has 0 amide bonds. The van der Waals surface area contributed by atoms with Crippen molar-refractivity contribution < 1.29 is 13.2 Å². The summed E-state index contributed by atoms with van der Waals surface area (Å²) < 4.78 is 32.7. The van der Waals surface area contributed by atoms with Crippen molar-refractivity contribution in [3.05, 3.63) is 53.1 Å². The smallest absolute Gasteiger partial charge is 0.267 e. The van der Waals surface area contributed by atoms with Crippen LogP contribution >= 0.6 is 22.9 Å². The van der Waals surface area contributed by atoms with Crippen LogP contribution in [0.4, 0.5) is 5.13 Å². The predicted octanol–water partition coefficient (Wildman–Crippen LogP) is 3.98. The maximum atomic E-state index is 12.6. The quantitative estimate of drug-likeness (QED) is 0.706. The molecule has 6 nitrogen and oxygen atoms in total. The molecule has 0 radical (unpaired) electrons. The molecule has 0 aliphatic carbocycles. The minimum Gasteiger partial charge on any atom is -0.495 e. The number of nitrogens with one attached hydrogen (secondary N) is 1. The molecule has 1 heterocycles. The molecule has 3 aromatic rings. The van der Waals surface area contributed by atoms with Crippen molar-refractivity contribution in [1.29, 1.82) is 0 Å². The Morgan fingerprint density at radius 1 is 1.12 bits per heavy atom. The number of hydrogen-bond donors (Lipinski definition) is 1. The van der Waals surface area contributed by atoms with Gasteiger partial charge in [0.15, 0.2) is 0 Å². The van der Waals surface area contributed by atoms with E-state index in [1.807, 2.05) is 31.2 Å². The van der Waals surface area contributed by atoms with E-state index in [-0.39, 0.29) is 15.8 Å². The molecule has 3 rings (SSSR count). The highest BCUT2D eigenvalue weighted by Gasteiger charge is 2.22. The van der Waals surface area contributed by atoms with Crippen LogP contribution in [-0.2, 0) is 10.0 Å². The molecule has 0 atom stereocenters. The van der Waals surface area contributed by atoms with E-state index in [2.05, 4.69) is 14.9 Å². The summed E-state index contributed by atoms with van der Waals surface area (Å²) in [5.74, 6) is 0.195. The molecule has 0 aliphatic heterocycles. The molecule has 0 aliphatic rings. The number of sulfonamides is 1. The summed E-state index contributed by atoms with van der Waals surface area (Å²) in [5.41, 5.74) is 2.00. The fraction of sp³-hybridized carbons (Fsp3) is 0.125. The summed E-state index contributed by atoms with van der Waals surface area (Å²) >= 11 is 7.05. The van der Waals surface area contributed by atoms with Crippen LogP contribution in [0.3, 0.4) is 0 Å². The number of aryl methyl sites for hydroxylation is 1. The third-order valence-corrected chi connectivity index (χ3v) is 5.97. The molecule has 0 fully saturated rings. The molecule has 0 bridgehead atoms. The lowest BCUT2D eigenvalue weighted by Crippen LogP contribution is -2.14. The number of halogens is 1. The Morgan fingerprint density at radius 2 is 1.84 bits per heavy atom. The largest absolute Gasteiger partial charge is 0.495 e. The topological polar surface area (TPSA) is 81.2 Å². The van der Waals surface area contributed by atoms with E-state index in [1.165, 1.54) is 19.2 Å². The Hall–Kier alpha value is -2.16. The van der Waals surface area contributed by atoms with Gasteiger partial charge in [-0.05, 0) is 25.1 Å². The van der Waals surface area contributed by atoms with Crippen LogP contribution in [0.1, 0.15) is 5.56 Å². The first-order chi connectivity index (χ1) is 11.9. The van der Waals surface area contributed by atoms with Gasteiger partial charge in [0.25, 0.3) is 10.0 Å². The number of nitrogens with zero attached hydrogens (tertiary/aromatic N) is 2.